The maximum absolute atomic E-state index is 12.8. The Kier molecular flexibility index (Phi) is 4.00. The highest BCUT2D eigenvalue weighted by atomic mass is 19.4. The van der Waals surface area contributed by atoms with Crippen molar-refractivity contribution in [3.63, 3.8) is 0 Å². The molecule has 0 aliphatic carbocycles. The van der Waals surface area contributed by atoms with E-state index in [4.69, 9.17) is 5.26 Å². The molecule has 2 aromatic carbocycles. The molecular formula is C16H10F3N5. The summed E-state index contributed by atoms with van der Waals surface area (Å²) in [4.78, 5) is 1.29. The predicted molar refractivity (Wildman–Crippen MR) is 78.5 cm³/mol. The zero-order valence-corrected chi connectivity index (χ0v) is 12.2. The van der Waals surface area contributed by atoms with Gasteiger partial charge in [0, 0.05) is 5.56 Å². The standard InChI is InChI=1S/C16H10F3N5/c17-16(18,19)14-3-1-2-13(8-14)15-21-23-24(22-15)10-12-6-4-11(9-20)5-7-12/h1-8H,10H2. The zero-order chi connectivity index (χ0) is 17.2. The van der Waals surface area contributed by atoms with Crippen LogP contribution in [0.1, 0.15) is 16.7 Å². The van der Waals surface area contributed by atoms with E-state index in [0.717, 1.165) is 17.7 Å². The van der Waals surface area contributed by atoms with Gasteiger partial charge in [0.05, 0.1) is 23.7 Å². The SMILES string of the molecule is N#Cc1ccc(Cn2nnc(-c3cccc(C(F)(F)F)c3)n2)cc1. The Bertz CT molecular complexity index is 891. The van der Waals surface area contributed by atoms with Crippen LogP contribution in [0.4, 0.5) is 13.2 Å². The van der Waals surface area contributed by atoms with Gasteiger partial charge in [-0.1, -0.05) is 24.3 Å². The molecule has 0 saturated carbocycles. The summed E-state index contributed by atoms with van der Waals surface area (Å²) in [5.41, 5.74) is 0.872. The van der Waals surface area contributed by atoms with Crippen molar-refractivity contribution in [2.45, 2.75) is 12.7 Å². The largest absolute Gasteiger partial charge is 0.416 e. The first-order valence-corrected chi connectivity index (χ1v) is 6.90. The molecular weight excluding hydrogens is 319 g/mol. The van der Waals surface area contributed by atoms with Crippen LogP contribution in [-0.2, 0) is 12.7 Å². The maximum atomic E-state index is 12.8. The molecule has 3 rings (SSSR count). The van der Waals surface area contributed by atoms with Crippen LogP contribution in [0.2, 0.25) is 0 Å². The molecule has 0 fully saturated rings. The predicted octanol–water partition coefficient (Wildman–Crippen LogP) is 3.28. The van der Waals surface area contributed by atoms with E-state index in [0.29, 0.717) is 12.1 Å². The first kappa shape index (κ1) is 15.7. The van der Waals surface area contributed by atoms with Gasteiger partial charge < -0.3 is 0 Å². The van der Waals surface area contributed by atoms with Crippen molar-refractivity contribution in [2.24, 2.45) is 0 Å². The van der Waals surface area contributed by atoms with Crippen LogP contribution in [0, 0.1) is 11.3 Å². The molecule has 0 aliphatic heterocycles. The number of benzene rings is 2. The number of halogens is 3. The molecule has 120 valence electrons. The third-order valence-electron chi connectivity index (χ3n) is 3.31. The van der Waals surface area contributed by atoms with Gasteiger partial charge in [-0.3, -0.25) is 0 Å². The average Bonchev–Trinajstić information content (AvgIpc) is 3.03. The second kappa shape index (κ2) is 6.12. The van der Waals surface area contributed by atoms with Crippen molar-refractivity contribution in [3.05, 3.63) is 65.2 Å². The lowest BCUT2D eigenvalue weighted by Crippen LogP contribution is -2.05. The van der Waals surface area contributed by atoms with Crippen molar-refractivity contribution in [1.82, 2.24) is 20.2 Å². The first-order valence-electron chi connectivity index (χ1n) is 6.90. The molecule has 0 saturated heterocycles. The molecule has 0 radical (unpaired) electrons. The fourth-order valence-electron chi connectivity index (χ4n) is 2.11. The summed E-state index contributed by atoms with van der Waals surface area (Å²) in [6.45, 7) is 0.303. The molecule has 0 amide bonds. The van der Waals surface area contributed by atoms with Crippen LogP contribution in [0.15, 0.2) is 48.5 Å². The average molecular weight is 329 g/mol. The molecule has 0 N–H and O–H groups in total. The number of tetrazole rings is 1. The Hall–Kier alpha value is -3.21. The zero-order valence-electron chi connectivity index (χ0n) is 12.2. The van der Waals surface area contributed by atoms with Crippen LogP contribution in [0.25, 0.3) is 11.4 Å². The minimum Gasteiger partial charge on any atom is -0.192 e. The second-order valence-corrected chi connectivity index (χ2v) is 5.03. The topological polar surface area (TPSA) is 67.4 Å². The first-order chi connectivity index (χ1) is 11.5. The van der Waals surface area contributed by atoms with E-state index in [9.17, 15) is 13.2 Å². The number of hydrogen-bond acceptors (Lipinski definition) is 4. The van der Waals surface area contributed by atoms with Gasteiger partial charge in [0.2, 0.25) is 5.82 Å². The fraction of sp³-hybridized carbons (Fsp3) is 0.125. The van der Waals surface area contributed by atoms with Crippen LogP contribution in [0.5, 0.6) is 0 Å². The molecule has 8 heteroatoms. The number of rotatable bonds is 3. The highest BCUT2D eigenvalue weighted by Gasteiger charge is 2.30. The lowest BCUT2D eigenvalue weighted by Gasteiger charge is -2.06. The fourth-order valence-corrected chi connectivity index (χ4v) is 2.11. The second-order valence-electron chi connectivity index (χ2n) is 5.03. The summed E-state index contributed by atoms with van der Waals surface area (Å²) in [5.74, 6) is 0.120. The number of nitriles is 1. The summed E-state index contributed by atoms with van der Waals surface area (Å²) in [6, 6.07) is 13.6. The smallest absolute Gasteiger partial charge is 0.192 e. The molecule has 0 aliphatic rings. The quantitative estimate of drug-likeness (QED) is 0.739. The van der Waals surface area contributed by atoms with Crippen molar-refractivity contribution < 1.29 is 13.2 Å². The lowest BCUT2D eigenvalue weighted by atomic mass is 10.1. The van der Waals surface area contributed by atoms with Gasteiger partial charge in [-0.25, -0.2) is 0 Å². The van der Waals surface area contributed by atoms with Crippen LogP contribution in [0.3, 0.4) is 0 Å². The van der Waals surface area contributed by atoms with E-state index in [1.54, 1.807) is 24.3 Å². The molecule has 5 nitrogen and oxygen atoms in total. The van der Waals surface area contributed by atoms with Crippen LogP contribution < -0.4 is 0 Å². The molecule has 1 heterocycles. The number of alkyl halides is 3. The lowest BCUT2D eigenvalue weighted by molar-refractivity contribution is -0.137. The van der Waals surface area contributed by atoms with Gasteiger partial charge in [-0.05, 0) is 35.0 Å². The molecule has 0 spiro atoms. The monoisotopic (exact) mass is 329 g/mol. The van der Waals surface area contributed by atoms with Crippen LogP contribution >= 0.6 is 0 Å². The molecule has 0 bridgehead atoms. The number of nitrogens with zero attached hydrogens (tertiary/aromatic N) is 5. The number of aromatic nitrogens is 4. The van der Waals surface area contributed by atoms with E-state index in [1.165, 1.54) is 16.9 Å². The Balaban J connectivity index is 1.81. The molecule has 1 aromatic heterocycles. The van der Waals surface area contributed by atoms with E-state index in [1.807, 2.05) is 6.07 Å². The summed E-state index contributed by atoms with van der Waals surface area (Å²) >= 11 is 0. The van der Waals surface area contributed by atoms with E-state index in [2.05, 4.69) is 15.4 Å². The Morgan fingerprint density at radius 3 is 2.50 bits per heavy atom. The van der Waals surface area contributed by atoms with Crippen molar-refractivity contribution in [2.75, 3.05) is 0 Å². The van der Waals surface area contributed by atoms with Crippen molar-refractivity contribution in [1.29, 1.82) is 5.26 Å². The highest BCUT2D eigenvalue weighted by molar-refractivity contribution is 5.55. The van der Waals surface area contributed by atoms with Crippen molar-refractivity contribution >= 4 is 0 Å². The molecule has 3 aromatic rings. The van der Waals surface area contributed by atoms with Crippen molar-refractivity contribution in [3.8, 4) is 17.5 Å². The van der Waals surface area contributed by atoms with Gasteiger partial charge in [0.25, 0.3) is 0 Å². The highest BCUT2D eigenvalue weighted by Crippen LogP contribution is 2.31. The molecule has 0 unspecified atom stereocenters. The Morgan fingerprint density at radius 1 is 1.08 bits per heavy atom. The Labute approximate surface area is 135 Å². The molecule has 0 atom stereocenters. The van der Waals surface area contributed by atoms with Gasteiger partial charge in [0.15, 0.2) is 0 Å². The normalized spacial score (nSPS) is 11.2. The molecule has 24 heavy (non-hydrogen) atoms. The van der Waals surface area contributed by atoms with Gasteiger partial charge in [0.1, 0.15) is 0 Å². The van der Waals surface area contributed by atoms with Gasteiger partial charge >= 0.3 is 6.18 Å². The van der Waals surface area contributed by atoms with Crippen LogP contribution in [-0.4, -0.2) is 20.2 Å². The van der Waals surface area contributed by atoms with Gasteiger partial charge in [-0.15, -0.1) is 10.2 Å². The summed E-state index contributed by atoms with van der Waals surface area (Å²) in [6.07, 6.45) is -4.42. The Morgan fingerprint density at radius 2 is 1.83 bits per heavy atom. The summed E-state index contributed by atoms with van der Waals surface area (Å²) < 4.78 is 38.3. The van der Waals surface area contributed by atoms with Gasteiger partial charge in [-0.2, -0.15) is 23.2 Å². The third-order valence-corrected chi connectivity index (χ3v) is 3.31. The van der Waals surface area contributed by atoms with E-state index >= 15 is 0 Å². The van der Waals surface area contributed by atoms with E-state index in [-0.39, 0.29) is 11.4 Å². The summed E-state index contributed by atoms with van der Waals surface area (Å²) in [7, 11) is 0. The van der Waals surface area contributed by atoms with E-state index < -0.39 is 11.7 Å². The third kappa shape index (κ3) is 3.41. The summed E-state index contributed by atoms with van der Waals surface area (Å²) in [5, 5.41) is 20.5. The minimum atomic E-state index is -4.42. The maximum Gasteiger partial charge on any atom is 0.416 e. The number of hydrogen-bond donors (Lipinski definition) is 0. The minimum absolute atomic E-state index is 0.120.